The lowest BCUT2D eigenvalue weighted by Crippen LogP contribution is -2.23. The minimum absolute atomic E-state index is 0.0637. The molecule has 0 radical (unpaired) electrons. The van der Waals surface area contributed by atoms with E-state index in [-0.39, 0.29) is 5.56 Å². The molecule has 0 aliphatic carbocycles. The van der Waals surface area contributed by atoms with Gasteiger partial charge in [-0.2, -0.15) is 5.26 Å². The van der Waals surface area contributed by atoms with Crippen molar-refractivity contribution in [1.82, 2.24) is 9.55 Å². The first-order valence-corrected chi connectivity index (χ1v) is 6.78. The van der Waals surface area contributed by atoms with Gasteiger partial charge >= 0.3 is 0 Å². The molecule has 2 rings (SSSR count). The number of hydrogen-bond donors (Lipinski definition) is 0. The van der Waals surface area contributed by atoms with Crippen molar-refractivity contribution in [3.05, 3.63) is 39.4 Å². The molecule has 2 aromatic rings. The van der Waals surface area contributed by atoms with Crippen molar-refractivity contribution in [2.24, 2.45) is 5.41 Å². The van der Waals surface area contributed by atoms with Crippen LogP contribution >= 0.6 is 15.9 Å². The number of fused-ring (bicyclic) bond motifs is 1. The summed E-state index contributed by atoms with van der Waals surface area (Å²) in [6, 6.07) is 7.65. The molecule has 1 aromatic carbocycles. The number of rotatable bonds is 3. The zero-order valence-electron chi connectivity index (χ0n) is 10.9. The highest BCUT2D eigenvalue weighted by molar-refractivity contribution is 9.10. The zero-order chi connectivity index (χ0) is 14.0. The molecular formula is C14H14BrN3O. The third-order valence-corrected chi connectivity index (χ3v) is 3.56. The first-order chi connectivity index (χ1) is 8.93. The van der Waals surface area contributed by atoms with Crippen molar-refractivity contribution in [2.45, 2.75) is 26.8 Å². The second-order valence-corrected chi connectivity index (χ2v) is 6.07. The Morgan fingerprint density at radius 1 is 1.47 bits per heavy atom. The first-order valence-electron chi connectivity index (χ1n) is 5.99. The highest BCUT2D eigenvalue weighted by Crippen LogP contribution is 2.19. The molecule has 0 unspecified atom stereocenters. The lowest BCUT2D eigenvalue weighted by molar-refractivity contribution is 0.408. The lowest BCUT2D eigenvalue weighted by atomic mass is 9.91. The van der Waals surface area contributed by atoms with Crippen LogP contribution in [0.2, 0.25) is 0 Å². The largest absolute Gasteiger partial charge is 0.299 e. The van der Waals surface area contributed by atoms with Gasteiger partial charge in [-0.25, -0.2) is 4.98 Å². The van der Waals surface area contributed by atoms with E-state index in [4.69, 9.17) is 5.26 Å². The molecule has 0 saturated heterocycles. The summed E-state index contributed by atoms with van der Waals surface area (Å²) in [4.78, 5) is 16.5. The monoisotopic (exact) mass is 319 g/mol. The summed E-state index contributed by atoms with van der Waals surface area (Å²) in [5.41, 5.74) is 0.176. The van der Waals surface area contributed by atoms with Crippen LogP contribution in [0.15, 0.2) is 33.8 Å². The minimum Gasteiger partial charge on any atom is -0.299 e. The fraction of sp³-hybridized carbons (Fsp3) is 0.357. The summed E-state index contributed by atoms with van der Waals surface area (Å²) in [6.45, 7) is 4.23. The van der Waals surface area contributed by atoms with Crippen LogP contribution in [-0.4, -0.2) is 9.55 Å². The van der Waals surface area contributed by atoms with Crippen LogP contribution in [0.3, 0.4) is 0 Å². The molecule has 98 valence electrons. The molecule has 1 aromatic heterocycles. The molecule has 4 nitrogen and oxygen atoms in total. The van der Waals surface area contributed by atoms with Gasteiger partial charge in [0.1, 0.15) is 0 Å². The molecule has 0 bridgehead atoms. The van der Waals surface area contributed by atoms with E-state index in [1.54, 1.807) is 17.0 Å². The van der Waals surface area contributed by atoms with Crippen molar-refractivity contribution in [3.63, 3.8) is 0 Å². The van der Waals surface area contributed by atoms with Gasteiger partial charge in [0, 0.05) is 11.0 Å². The summed E-state index contributed by atoms with van der Waals surface area (Å²) < 4.78 is 2.46. The van der Waals surface area contributed by atoms with Crippen LogP contribution in [0.4, 0.5) is 0 Å². The van der Waals surface area contributed by atoms with Gasteiger partial charge in [0.15, 0.2) is 0 Å². The fourth-order valence-corrected chi connectivity index (χ4v) is 2.10. The molecular weight excluding hydrogens is 306 g/mol. The Bertz CT molecular complexity index is 713. The molecule has 5 heteroatoms. The van der Waals surface area contributed by atoms with Crippen LogP contribution in [0.5, 0.6) is 0 Å². The van der Waals surface area contributed by atoms with E-state index in [1.807, 2.05) is 26.0 Å². The van der Waals surface area contributed by atoms with Crippen LogP contribution in [0, 0.1) is 16.7 Å². The second kappa shape index (κ2) is 5.14. The number of aromatic nitrogens is 2. The molecule has 0 spiro atoms. The Labute approximate surface area is 119 Å². The maximum atomic E-state index is 12.3. The predicted octanol–water partition coefficient (Wildman–Crippen LogP) is 3.10. The van der Waals surface area contributed by atoms with E-state index >= 15 is 0 Å². The fourth-order valence-electron chi connectivity index (χ4n) is 1.75. The van der Waals surface area contributed by atoms with E-state index in [0.717, 1.165) is 4.47 Å². The van der Waals surface area contributed by atoms with Gasteiger partial charge in [-0.1, -0.05) is 15.9 Å². The number of nitriles is 1. The van der Waals surface area contributed by atoms with Crippen molar-refractivity contribution in [3.8, 4) is 6.07 Å². The highest BCUT2D eigenvalue weighted by atomic mass is 79.9. The standard InChI is InChI=1S/C14H14BrN3O/c1-14(2,8-16)5-6-18-9-17-12-7-10(15)3-4-11(12)13(18)19/h3-4,7,9H,5-6H2,1-2H3. The Hall–Kier alpha value is -1.67. The second-order valence-electron chi connectivity index (χ2n) is 5.15. The number of hydrogen-bond acceptors (Lipinski definition) is 3. The van der Waals surface area contributed by atoms with Gasteiger partial charge in [-0.15, -0.1) is 0 Å². The molecule has 0 aliphatic heterocycles. The van der Waals surface area contributed by atoms with E-state index in [0.29, 0.717) is 23.9 Å². The van der Waals surface area contributed by atoms with Crippen molar-refractivity contribution >= 4 is 26.8 Å². The average Bonchev–Trinajstić information content (AvgIpc) is 2.38. The van der Waals surface area contributed by atoms with Gasteiger partial charge in [-0.3, -0.25) is 9.36 Å². The van der Waals surface area contributed by atoms with Gasteiger partial charge in [0.05, 0.1) is 28.7 Å². The van der Waals surface area contributed by atoms with E-state index in [9.17, 15) is 4.79 Å². The minimum atomic E-state index is -0.436. The highest BCUT2D eigenvalue weighted by Gasteiger charge is 2.17. The maximum absolute atomic E-state index is 12.3. The van der Waals surface area contributed by atoms with Crippen LogP contribution < -0.4 is 5.56 Å². The molecule has 0 saturated carbocycles. The Kier molecular flexibility index (Phi) is 3.72. The Morgan fingerprint density at radius 2 is 2.21 bits per heavy atom. The van der Waals surface area contributed by atoms with Gasteiger partial charge in [-0.05, 0) is 38.5 Å². The van der Waals surface area contributed by atoms with Gasteiger partial charge in [0.2, 0.25) is 0 Å². The molecule has 0 atom stereocenters. The SMILES string of the molecule is CC(C)(C#N)CCn1cnc2cc(Br)ccc2c1=O. The third kappa shape index (κ3) is 3.02. The van der Waals surface area contributed by atoms with Crippen LogP contribution in [0.1, 0.15) is 20.3 Å². The van der Waals surface area contributed by atoms with E-state index in [1.165, 1.54) is 0 Å². The quantitative estimate of drug-likeness (QED) is 0.873. The smallest absolute Gasteiger partial charge is 0.261 e. The summed E-state index contributed by atoms with van der Waals surface area (Å²) in [5, 5.41) is 9.58. The molecule has 19 heavy (non-hydrogen) atoms. The summed E-state index contributed by atoms with van der Waals surface area (Å²) in [5.74, 6) is 0. The normalized spacial score (nSPS) is 11.5. The Morgan fingerprint density at radius 3 is 2.89 bits per heavy atom. The topological polar surface area (TPSA) is 58.7 Å². The third-order valence-electron chi connectivity index (χ3n) is 3.07. The van der Waals surface area contributed by atoms with E-state index < -0.39 is 5.41 Å². The molecule has 0 fully saturated rings. The van der Waals surface area contributed by atoms with E-state index in [2.05, 4.69) is 27.0 Å². The maximum Gasteiger partial charge on any atom is 0.261 e. The first kappa shape index (κ1) is 13.8. The van der Waals surface area contributed by atoms with Crippen molar-refractivity contribution in [1.29, 1.82) is 5.26 Å². The van der Waals surface area contributed by atoms with Crippen molar-refractivity contribution in [2.75, 3.05) is 0 Å². The lowest BCUT2D eigenvalue weighted by Gasteiger charge is -2.15. The molecule has 1 heterocycles. The van der Waals surface area contributed by atoms with Gasteiger partial charge < -0.3 is 0 Å². The van der Waals surface area contributed by atoms with Gasteiger partial charge in [0.25, 0.3) is 5.56 Å². The summed E-state index contributed by atoms with van der Waals surface area (Å²) in [6.07, 6.45) is 2.16. The number of aryl methyl sites for hydroxylation is 1. The molecule has 0 N–H and O–H groups in total. The number of halogens is 1. The van der Waals surface area contributed by atoms with Crippen molar-refractivity contribution < 1.29 is 0 Å². The Balaban J connectivity index is 2.37. The van der Waals surface area contributed by atoms with Crippen LogP contribution in [0.25, 0.3) is 10.9 Å². The average molecular weight is 320 g/mol. The van der Waals surface area contributed by atoms with Crippen LogP contribution in [-0.2, 0) is 6.54 Å². The molecule has 0 aliphatic rings. The number of nitrogens with zero attached hydrogens (tertiary/aromatic N) is 3. The zero-order valence-corrected chi connectivity index (χ0v) is 12.4. The number of benzene rings is 1. The summed E-state index contributed by atoms with van der Waals surface area (Å²) >= 11 is 3.36. The molecule has 0 amide bonds. The summed E-state index contributed by atoms with van der Waals surface area (Å²) in [7, 11) is 0. The predicted molar refractivity (Wildman–Crippen MR) is 77.7 cm³/mol.